The third kappa shape index (κ3) is 3.37. The van der Waals surface area contributed by atoms with E-state index in [9.17, 15) is 9.59 Å². The van der Waals surface area contributed by atoms with Crippen LogP contribution in [0, 0.1) is 6.92 Å². The fraction of sp³-hybridized carbons (Fsp3) is 0.462. The van der Waals surface area contributed by atoms with E-state index in [1.807, 2.05) is 0 Å². The van der Waals surface area contributed by atoms with Crippen LogP contribution in [0.25, 0.3) is 4.96 Å². The van der Waals surface area contributed by atoms with Gasteiger partial charge in [-0.3, -0.25) is 9.36 Å². The summed E-state index contributed by atoms with van der Waals surface area (Å²) in [5.41, 5.74) is 0.303. The average Bonchev–Trinajstić information content (AvgIpc) is 3.07. The Bertz CT molecular complexity index is 938. The molecular weight excluding hydrogens is 336 g/mol. The molecule has 0 fully saturated rings. The van der Waals surface area contributed by atoms with Gasteiger partial charge in [-0.15, -0.1) is 5.10 Å². The van der Waals surface area contributed by atoms with Crippen molar-refractivity contribution < 1.29 is 0 Å². The molecule has 3 rings (SSSR count). The van der Waals surface area contributed by atoms with Crippen LogP contribution in [0.5, 0.6) is 0 Å². The van der Waals surface area contributed by atoms with Gasteiger partial charge in [0.15, 0.2) is 5.16 Å². The lowest BCUT2D eigenvalue weighted by atomic mass is 10.3. The highest BCUT2D eigenvalue weighted by Gasteiger charge is 2.12. The Morgan fingerprint density at radius 3 is 3.00 bits per heavy atom. The van der Waals surface area contributed by atoms with Gasteiger partial charge in [0, 0.05) is 18.3 Å². The Kier molecular flexibility index (Phi) is 4.62. The summed E-state index contributed by atoms with van der Waals surface area (Å²) in [7, 11) is 0. The summed E-state index contributed by atoms with van der Waals surface area (Å²) >= 11 is 2.79. The molecule has 3 aromatic heterocycles. The molecule has 0 radical (unpaired) electrons. The lowest BCUT2D eigenvalue weighted by Crippen LogP contribution is -2.17. The summed E-state index contributed by atoms with van der Waals surface area (Å²) in [5.74, 6) is 0.531. The Balaban J connectivity index is 1.80. The summed E-state index contributed by atoms with van der Waals surface area (Å²) in [5, 5.41) is 12.2. The fourth-order valence-corrected chi connectivity index (χ4v) is 3.97. The van der Waals surface area contributed by atoms with Gasteiger partial charge in [-0.25, -0.2) is 14.9 Å². The number of aromatic nitrogens is 6. The van der Waals surface area contributed by atoms with Crippen LogP contribution in [0.15, 0.2) is 20.8 Å². The van der Waals surface area contributed by atoms with Gasteiger partial charge in [0.2, 0.25) is 4.96 Å². The number of aryl methyl sites for hydroxylation is 1. The number of nitrogens with zero attached hydrogens (tertiary/aromatic N) is 5. The molecule has 0 saturated carbocycles. The molecule has 0 amide bonds. The van der Waals surface area contributed by atoms with Crippen molar-refractivity contribution in [3.8, 4) is 0 Å². The van der Waals surface area contributed by atoms with E-state index < -0.39 is 0 Å². The Morgan fingerprint density at radius 2 is 2.22 bits per heavy atom. The number of thioether (sulfide) groups is 1. The van der Waals surface area contributed by atoms with Crippen LogP contribution in [0.3, 0.4) is 0 Å². The molecule has 0 saturated heterocycles. The minimum Gasteiger partial charge on any atom is -0.270 e. The average molecular weight is 352 g/mol. The van der Waals surface area contributed by atoms with E-state index in [0.29, 0.717) is 28.1 Å². The van der Waals surface area contributed by atoms with Gasteiger partial charge in [-0.1, -0.05) is 36.4 Å². The molecule has 0 atom stereocenters. The third-order valence-corrected chi connectivity index (χ3v) is 5.28. The molecule has 3 heterocycles. The van der Waals surface area contributed by atoms with Gasteiger partial charge in [0.1, 0.15) is 5.01 Å². The molecular formula is C13H16N6O2S2. The number of H-pyrrole nitrogens is 1. The van der Waals surface area contributed by atoms with Gasteiger partial charge in [-0.05, 0) is 13.3 Å². The largest absolute Gasteiger partial charge is 0.343 e. The number of fused-ring (bicyclic) bond motifs is 1. The summed E-state index contributed by atoms with van der Waals surface area (Å²) in [6.45, 7) is 4.51. The lowest BCUT2D eigenvalue weighted by Gasteiger charge is -2.02. The summed E-state index contributed by atoms with van der Waals surface area (Å²) in [6, 6.07) is 1.46. The van der Waals surface area contributed by atoms with E-state index in [4.69, 9.17) is 0 Å². The van der Waals surface area contributed by atoms with E-state index in [2.05, 4.69) is 27.2 Å². The van der Waals surface area contributed by atoms with Crippen molar-refractivity contribution in [1.82, 2.24) is 29.4 Å². The van der Waals surface area contributed by atoms with Crippen LogP contribution < -0.4 is 11.2 Å². The highest BCUT2D eigenvalue weighted by atomic mass is 32.2. The van der Waals surface area contributed by atoms with Crippen LogP contribution >= 0.6 is 23.1 Å². The van der Waals surface area contributed by atoms with Crippen molar-refractivity contribution in [2.24, 2.45) is 0 Å². The van der Waals surface area contributed by atoms with Crippen LogP contribution in [0.4, 0.5) is 0 Å². The number of rotatable bonds is 6. The summed E-state index contributed by atoms with van der Waals surface area (Å²) in [4.78, 5) is 28.5. The van der Waals surface area contributed by atoms with Gasteiger partial charge in [0.25, 0.3) is 5.56 Å². The number of aromatic amines is 1. The van der Waals surface area contributed by atoms with E-state index in [1.165, 1.54) is 33.7 Å². The Morgan fingerprint density at radius 1 is 1.39 bits per heavy atom. The SMILES string of the molecule is CCCCn1c(SCc2nn3c(=O)cc(C)nc3s2)n[nH]c1=O. The fourth-order valence-electron chi connectivity index (χ4n) is 2.07. The molecule has 0 aliphatic heterocycles. The predicted octanol–water partition coefficient (Wildman–Crippen LogP) is 1.44. The van der Waals surface area contributed by atoms with E-state index in [1.54, 1.807) is 11.5 Å². The van der Waals surface area contributed by atoms with E-state index in [-0.39, 0.29) is 11.2 Å². The van der Waals surface area contributed by atoms with Crippen molar-refractivity contribution in [2.75, 3.05) is 0 Å². The molecule has 0 unspecified atom stereocenters. The van der Waals surface area contributed by atoms with Gasteiger partial charge in [-0.2, -0.15) is 9.61 Å². The Labute approximate surface area is 139 Å². The van der Waals surface area contributed by atoms with Crippen molar-refractivity contribution in [3.05, 3.63) is 37.6 Å². The first-order valence-electron chi connectivity index (χ1n) is 7.23. The highest BCUT2D eigenvalue weighted by molar-refractivity contribution is 7.98. The molecule has 8 nitrogen and oxygen atoms in total. The van der Waals surface area contributed by atoms with E-state index in [0.717, 1.165) is 17.8 Å². The van der Waals surface area contributed by atoms with Crippen LogP contribution in [-0.4, -0.2) is 29.4 Å². The maximum atomic E-state index is 11.9. The second-order valence-electron chi connectivity index (χ2n) is 5.03. The molecule has 0 bridgehead atoms. The zero-order chi connectivity index (χ0) is 16.4. The molecule has 3 aromatic rings. The van der Waals surface area contributed by atoms with Crippen LogP contribution in [-0.2, 0) is 12.3 Å². The second-order valence-corrected chi connectivity index (χ2v) is 7.01. The van der Waals surface area contributed by atoms with Crippen molar-refractivity contribution in [2.45, 2.75) is 44.1 Å². The lowest BCUT2D eigenvalue weighted by molar-refractivity contribution is 0.573. The minimum absolute atomic E-state index is 0.181. The summed E-state index contributed by atoms with van der Waals surface area (Å²) in [6.07, 6.45) is 1.93. The molecule has 23 heavy (non-hydrogen) atoms. The smallest absolute Gasteiger partial charge is 0.270 e. The first-order chi connectivity index (χ1) is 11.1. The predicted molar refractivity (Wildman–Crippen MR) is 89.2 cm³/mol. The summed E-state index contributed by atoms with van der Waals surface area (Å²) < 4.78 is 2.94. The third-order valence-electron chi connectivity index (χ3n) is 3.20. The second kappa shape index (κ2) is 6.67. The van der Waals surface area contributed by atoms with Crippen LogP contribution in [0.2, 0.25) is 0 Å². The zero-order valence-electron chi connectivity index (χ0n) is 12.8. The number of hydrogen-bond donors (Lipinski definition) is 1. The van der Waals surface area contributed by atoms with Gasteiger partial charge < -0.3 is 0 Å². The zero-order valence-corrected chi connectivity index (χ0v) is 14.4. The van der Waals surface area contributed by atoms with Gasteiger partial charge >= 0.3 is 5.69 Å². The minimum atomic E-state index is -0.196. The number of nitrogens with one attached hydrogen (secondary N) is 1. The molecule has 0 aromatic carbocycles. The van der Waals surface area contributed by atoms with Crippen molar-refractivity contribution in [1.29, 1.82) is 0 Å². The van der Waals surface area contributed by atoms with Gasteiger partial charge in [0.05, 0.1) is 5.75 Å². The quantitative estimate of drug-likeness (QED) is 0.674. The molecule has 1 N–H and O–H groups in total. The molecule has 0 spiro atoms. The standard InChI is InChI=1S/C13H16N6O2S2/c1-3-4-5-18-11(21)15-16-13(18)22-7-9-17-19-10(20)6-8(2)14-12(19)23-9/h6H,3-5,7H2,1-2H3,(H,15,21). The number of unbranched alkanes of at least 4 members (excludes halogenated alkanes) is 1. The molecule has 10 heteroatoms. The highest BCUT2D eigenvalue weighted by Crippen LogP contribution is 2.22. The van der Waals surface area contributed by atoms with E-state index >= 15 is 0 Å². The van der Waals surface area contributed by atoms with Crippen molar-refractivity contribution >= 4 is 28.1 Å². The van der Waals surface area contributed by atoms with Crippen LogP contribution in [0.1, 0.15) is 30.5 Å². The first-order valence-corrected chi connectivity index (χ1v) is 9.03. The van der Waals surface area contributed by atoms with Crippen molar-refractivity contribution in [3.63, 3.8) is 0 Å². The number of hydrogen-bond acceptors (Lipinski definition) is 7. The maximum absolute atomic E-state index is 11.9. The monoisotopic (exact) mass is 352 g/mol. The molecule has 122 valence electrons. The molecule has 0 aliphatic carbocycles. The normalized spacial score (nSPS) is 11.4. The molecule has 0 aliphatic rings. The first kappa shape index (κ1) is 15.9. The maximum Gasteiger partial charge on any atom is 0.343 e. The topological polar surface area (TPSA) is 97.9 Å². The Hall–Kier alpha value is -1.94.